The van der Waals surface area contributed by atoms with Gasteiger partial charge in [0.15, 0.2) is 0 Å². The molecule has 4 nitrogen and oxygen atoms in total. The molecule has 0 aromatic heterocycles. The van der Waals surface area contributed by atoms with Crippen molar-refractivity contribution in [2.24, 2.45) is 5.92 Å². The van der Waals surface area contributed by atoms with E-state index in [0.717, 1.165) is 25.0 Å². The van der Waals surface area contributed by atoms with Gasteiger partial charge in [0.1, 0.15) is 19.0 Å². The van der Waals surface area contributed by atoms with Gasteiger partial charge >= 0.3 is 5.97 Å². The van der Waals surface area contributed by atoms with Crippen LogP contribution in [-0.4, -0.2) is 31.4 Å². The summed E-state index contributed by atoms with van der Waals surface area (Å²) in [4.78, 5) is 11.8. The summed E-state index contributed by atoms with van der Waals surface area (Å²) in [5.41, 5.74) is 0. The molecule has 3 rings (SSSR count). The normalized spacial score (nSPS) is 28.3. The molecule has 1 saturated carbocycles. The minimum absolute atomic E-state index is 0.0143. The van der Waals surface area contributed by atoms with Gasteiger partial charge in [-0.3, -0.25) is 4.79 Å². The Morgan fingerprint density at radius 3 is 2.79 bits per heavy atom. The molecule has 3 atom stereocenters. The van der Waals surface area contributed by atoms with Crippen molar-refractivity contribution in [3.63, 3.8) is 0 Å². The van der Waals surface area contributed by atoms with Gasteiger partial charge in [-0.1, -0.05) is 18.2 Å². The van der Waals surface area contributed by atoms with Crippen LogP contribution in [0, 0.1) is 5.92 Å². The SMILES string of the molecule is O=C(OCCOc1ccccc1)C1CCC2OC2C1. The van der Waals surface area contributed by atoms with Crippen LogP contribution < -0.4 is 4.74 Å². The maximum atomic E-state index is 11.8. The Bertz CT molecular complexity index is 431. The zero-order chi connectivity index (χ0) is 13.1. The van der Waals surface area contributed by atoms with E-state index >= 15 is 0 Å². The van der Waals surface area contributed by atoms with Gasteiger partial charge in [0, 0.05) is 0 Å². The third kappa shape index (κ3) is 3.26. The van der Waals surface area contributed by atoms with Crippen LogP contribution in [0.5, 0.6) is 5.75 Å². The van der Waals surface area contributed by atoms with Gasteiger partial charge < -0.3 is 14.2 Å². The lowest BCUT2D eigenvalue weighted by Gasteiger charge is -2.17. The van der Waals surface area contributed by atoms with Gasteiger partial charge in [0.05, 0.1) is 18.1 Å². The number of carbonyl (C=O) groups is 1. The fraction of sp³-hybridized carbons (Fsp3) is 0.533. The highest BCUT2D eigenvalue weighted by Crippen LogP contribution is 2.39. The fourth-order valence-corrected chi connectivity index (χ4v) is 2.55. The second kappa shape index (κ2) is 5.61. The quantitative estimate of drug-likeness (QED) is 0.463. The first-order valence-electron chi connectivity index (χ1n) is 6.83. The third-order valence-corrected chi connectivity index (χ3v) is 3.68. The van der Waals surface area contributed by atoms with Gasteiger partial charge in [-0.05, 0) is 31.4 Å². The van der Waals surface area contributed by atoms with Crippen molar-refractivity contribution in [3.8, 4) is 5.75 Å². The van der Waals surface area contributed by atoms with Crippen LogP contribution in [0.25, 0.3) is 0 Å². The van der Waals surface area contributed by atoms with Gasteiger partial charge in [0.25, 0.3) is 0 Å². The summed E-state index contributed by atoms with van der Waals surface area (Å²) in [7, 11) is 0. The summed E-state index contributed by atoms with van der Waals surface area (Å²) in [6.45, 7) is 0.699. The molecule has 19 heavy (non-hydrogen) atoms. The standard InChI is InChI=1S/C15H18O4/c16-15(11-6-7-13-14(10-11)19-13)18-9-8-17-12-4-2-1-3-5-12/h1-5,11,13-14H,6-10H2. The van der Waals surface area contributed by atoms with Crippen molar-refractivity contribution < 1.29 is 19.0 Å². The molecule has 2 aliphatic rings. The van der Waals surface area contributed by atoms with Crippen LogP contribution in [0.15, 0.2) is 30.3 Å². The highest BCUT2D eigenvalue weighted by molar-refractivity contribution is 5.72. The average Bonchev–Trinajstić information content (AvgIpc) is 3.23. The number of epoxide rings is 1. The Hall–Kier alpha value is -1.55. The number of hydrogen-bond acceptors (Lipinski definition) is 4. The molecule has 0 spiro atoms. The number of hydrogen-bond donors (Lipinski definition) is 0. The molecule has 0 amide bonds. The molecule has 1 aliphatic carbocycles. The van der Waals surface area contributed by atoms with Gasteiger partial charge in [-0.15, -0.1) is 0 Å². The Balaban J connectivity index is 1.34. The first-order valence-corrected chi connectivity index (χ1v) is 6.83. The molecule has 102 valence electrons. The van der Waals surface area contributed by atoms with E-state index in [1.165, 1.54) is 0 Å². The van der Waals surface area contributed by atoms with E-state index in [4.69, 9.17) is 14.2 Å². The van der Waals surface area contributed by atoms with E-state index in [0.29, 0.717) is 25.4 Å². The molecule has 2 fully saturated rings. The number of ether oxygens (including phenoxy) is 3. The van der Waals surface area contributed by atoms with Crippen molar-refractivity contribution in [2.45, 2.75) is 31.5 Å². The van der Waals surface area contributed by atoms with Crippen LogP contribution >= 0.6 is 0 Å². The van der Waals surface area contributed by atoms with Crippen LogP contribution in [0.1, 0.15) is 19.3 Å². The van der Waals surface area contributed by atoms with Crippen molar-refractivity contribution in [3.05, 3.63) is 30.3 Å². The zero-order valence-corrected chi connectivity index (χ0v) is 10.8. The maximum Gasteiger partial charge on any atom is 0.309 e. The number of fused-ring (bicyclic) bond motifs is 1. The van der Waals surface area contributed by atoms with E-state index in [-0.39, 0.29) is 11.9 Å². The number of rotatable bonds is 5. The van der Waals surface area contributed by atoms with Gasteiger partial charge in [-0.25, -0.2) is 0 Å². The summed E-state index contributed by atoms with van der Waals surface area (Å²) in [6.07, 6.45) is 3.44. The zero-order valence-electron chi connectivity index (χ0n) is 10.8. The smallest absolute Gasteiger partial charge is 0.309 e. The topological polar surface area (TPSA) is 48.1 Å². The molecule has 0 N–H and O–H groups in total. The predicted octanol–water partition coefficient (Wildman–Crippen LogP) is 2.18. The van der Waals surface area contributed by atoms with Gasteiger partial charge in [0.2, 0.25) is 0 Å². The Morgan fingerprint density at radius 1 is 1.16 bits per heavy atom. The Kier molecular flexibility index (Phi) is 3.69. The molecule has 0 bridgehead atoms. The van der Waals surface area contributed by atoms with Gasteiger partial charge in [-0.2, -0.15) is 0 Å². The highest BCUT2D eigenvalue weighted by atomic mass is 16.6. The number of benzene rings is 1. The minimum Gasteiger partial charge on any atom is -0.490 e. The van der Waals surface area contributed by atoms with Crippen molar-refractivity contribution >= 4 is 5.97 Å². The van der Waals surface area contributed by atoms with E-state index in [9.17, 15) is 4.79 Å². The van der Waals surface area contributed by atoms with E-state index in [2.05, 4.69) is 0 Å². The molecular weight excluding hydrogens is 244 g/mol. The van der Waals surface area contributed by atoms with Crippen LogP contribution in [-0.2, 0) is 14.3 Å². The lowest BCUT2D eigenvalue weighted by molar-refractivity contribution is -0.150. The van der Waals surface area contributed by atoms with E-state index in [1.807, 2.05) is 30.3 Å². The number of esters is 1. The maximum absolute atomic E-state index is 11.8. The first-order chi connectivity index (χ1) is 9.33. The minimum atomic E-state index is -0.106. The highest BCUT2D eigenvalue weighted by Gasteiger charge is 2.46. The largest absolute Gasteiger partial charge is 0.490 e. The third-order valence-electron chi connectivity index (χ3n) is 3.68. The molecule has 1 aliphatic heterocycles. The molecule has 4 heteroatoms. The van der Waals surface area contributed by atoms with E-state index in [1.54, 1.807) is 0 Å². The molecular formula is C15H18O4. The molecule has 1 heterocycles. The van der Waals surface area contributed by atoms with Crippen molar-refractivity contribution in [1.29, 1.82) is 0 Å². The van der Waals surface area contributed by atoms with Crippen LogP contribution in [0.4, 0.5) is 0 Å². The Morgan fingerprint density at radius 2 is 2.00 bits per heavy atom. The summed E-state index contributed by atoms with van der Waals surface area (Å²) in [5.74, 6) is 0.705. The van der Waals surface area contributed by atoms with Crippen LogP contribution in [0.3, 0.4) is 0 Å². The predicted molar refractivity (Wildman–Crippen MR) is 68.9 cm³/mol. The number of para-hydroxylation sites is 1. The summed E-state index contributed by atoms with van der Waals surface area (Å²) in [6, 6.07) is 9.52. The fourth-order valence-electron chi connectivity index (χ4n) is 2.55. The Labute approximate surface area is 112 Å². The summed E-state index contributed by atoms with van der Waals surface area (Å²) >= 11 is 0. The second-order valence-corrected chi connectivity index (χ2v) is 5.05. The van der Waals surface area contributed by atoms with Crippen molar-refractivity contribution in [2.75, 3.05) is 13.2 Å². The number of carbonyl (C=O) groups excluding carboxylic acids is 1. The molecule has 0 radical (unpaired) electrons. The molecule has 1 aromatic rings. The first kappa shape index (κ1) is 12.5. The van der Waals surface area contributed by atoms with E-state index < -0.39 is 0 Å². The summed E-state index contributed by atoms with van der Waals surface area (Å²) in [5, 5.41) is 0. The molecule has 3 unspecified atom stereocenters. The lowest BCUT2D eigenvalue weighted by atomic mass is 9.89. The van der Waals surface area contributed by atoms with Crippen molar-refractivity contribution in [1.82, 2.24) is 0 Å². The lowest BCUT2D eigenvalue weighted by Crippen LogP contribution is -2.25. The summed E-state index contributed by atoms with van der Waals surface area (Å²) < 4.78 is 16.1. The second-order valence-electron chi connectivity index (χ2n) is 5.05. The molecule has 1 aromatic carbocycles. The monoisotopic (exact) mass is 262 g/mol. The average molecular weight is 262 g/mol. The molecule has 1 saturated heterocycles. The van der Waals surface area contributed by atoms with Crippen LogP contribution in [0.2, 0.25) is 0 Å².